The first-order valence-electron chi connectivity index (χ1n) is 10.3. The van der Waals surface area contributed by atoms with Gasteiger partial charge in [-0.05, 0) is 67.4 Å². The fraction of sp³-hybridized carbons (Fsp3) is 0.154. The summed E-state index contributed by atoms with van der Waals surface area (Å²) in [7, 11) is 0. The normalized spacial score (nSPS) is 11.2. The maximum absolute atomic E-state index is 12.4. The van der Waals surface area contributed by atoms with Gasteiger partial charge in [0.25, 0.3) is 0 Å². The predicted octanol–water partition coefficient (Wildman–Crippen LogP) is 6.71. The number of anilines is 1. The Hall–Kier alpha value is -3.44. The molecule has 0 saturated heterocycles. The minimum Gasteiger partial charge on any atom is -0.493 e. The molecule has 4 aromatic rings. The summed E-state index contributed by atoms with van der Waals surface area (Å²) in [5.41, 5.74) is 4.90. The maximum atomic E-state index is 12.4. The van der Waals surface area contributed by atoms with Gasteiger partial charge in [0.15, 0.2) is 0 Å². The number of aromatic nitrogens is 1. The third-order valence-electron chi connectivity index (χ3n) is 4.74. The number of carbonyl (C=O) groups is 1. The van der Waals surface area contributed by atoms with Crippen LogP contribution in [0.3, 0.4) is 0 Å². The van der Waals surface area contributed by atoms with E-state index in [0.717, 1.165) is 39.5 Å². The first kappa shape index (κ1) is 20.8. The van der Waals surface area contributed by atoms with E-state index in [4.69, 9.17) is 9.72 Å². The summed E-state index contributed by atoms with van der Waals surface area (Å²) in [4.78, 5) is 17.1. The zero-order valence-corrected chi connectivity index (χ0v) is 18.4. The lowest BCUT2D eigenvalue weighted by atomic mass is 10.2. The van der Waals surface area contributed by atoms with Crippen molar-refractivity contribution in [2.45, 2.75) is 20.3 Å². The fourth-order valence-corrected chi connectivity index (χ4v) is 4.23. The Kier molecular flexibility index (Phi) is 6.43. The number of hydrogen-bond acceptors (Lipinski definition) is 4. The van der Waals surface area contributed by atoms with Crippen molar-refractivity contribution in [3.63, 3.8) is 0 Å². The van der Waals surface area contributed by atoms with E-state index in [0.29, 0.717) is 6.61 Å². The fourth-order valence-electron chi connectivity index (χ4n) is 3.16. The number of carbonyl (C=O) groups excluding carboxylic acids is 1. The molecule has 0 atom stereocenters. The molecular weight excluding hydrogens is 404 g/mol. The molecule has 0 unspecified atom stereocenters. The third kappa shape index (κ3) is 5.19. The summed E-state index contributed by atoms with van der Waals surface area (Å²) in [6, 6.07) is 21.8. The smallest absolute Gasteiger partial charge is 0.248 e. The minimum atomic E-state index is -0.187. The molecule has 5 heteroatoms. The van der Waals surface area contributed by atoms with Crippen molar-refractivity contribution in [3.8, 4) is 16.3 Å². The molecule has 31 heavy (non-hydrogen) atoms. The molecule has 1 amide bonds. The Bertz CT molecular complexity index is 1230. The van der Waals surface area contributed by atoms with Crippen LogP contribution in [0.25, 0.3) is 26.9 Å². The quantitative estimate of drug-likeness (QED) is 0.333. The van der Waals surface area contributed by atoms with Gasteiger partial charge in [-0.15, -0.1) is 11.3 Å². The second-order valence-electron chi connectivity index (χ2n) is 7.28. The molecule has 0 aliphatic rings. The monoisotopic (exact) mass is 428 g/mol. The van der Waals surface area contributed by atoms with Crippen LogP contribution in [-0.4, -0.2) is 17.5 Å². The molecule has 0 radical (unpaired) electrons. The number of aryl methyl sites for hydroxylation is 1. The van der Waals surface area contributed by atoms with Crippen LogP contribution in [0.4, 0.5) is 5.69 Å². The van der Waals surface area contributed by atoms with Crippen molar-refractivity contribution in [1.29, 1.82) is 0 Å². The van der Waals surface area contributed by atoms with E-state index in [9.17, 15) is 4.79 Å². The Morgan fingerprint density at radius 3 is 2.71 bits per heavy atom. The number of ether oxygens (including phenoxy) is 1. The van der Waals surface area contributed by atoms with E-state index in [2.05, 4.69) is 37.4 Å². The molecule has 0 saturated carbocycles. The average Bonchev–Trinajstić information content (AvgIpc) is 3.20. The van der Waals surface area contributed by atoms with Gasteiger partial charge >= 0.3 is 0 Å². The molecule has 0 fully saturated rings. The second-order valence-corrected chi connectivity index (χ2v) is 8.31. The summed E-state index contributed by atoms with van der Waals surface area (Å²) in [5.74, 6) is 0.595. The molecular formula is C26H24N2O2S. The second kappa shape index (κ2) is 9.58. The minimum absolute atomic E-state index is 0.187. The summed E-state index contributed by atoms with van der Waals surface area (Å²) in [6.45, 7) is 4.80. The third-order valence-corrected chi connectivity index (χ3v) is 5.81. The molecule has 1 aromatic heterocycles. The largest absolute Gasteiger partial charge is 0.493 e. The van der Waals surface area contributed by atoms with Crippen molar-refractivity contribution in [2.75, 3.05) is 11.9 Å². The van der Waals surface area contributed by atoms with Crippen LogP contribution in [0.15, 0.2) is 72.8 Å². The van der Waals surface area contributed by atoms with E-state index in [1.54, 1.807) is 17.4 Å². The van der Waals surface area contributed by atoms with Gasteiger partial charge in [-0.2, -0.15) is 0 Å². The van der Waals surface area contributed by atoms with E-state index >= 15 is 0 Å². The Labute approximate surface area is 186 Å². The lowest BCUT2D eigenvalue weighted by molar-refractivity contribution is -0.111. The highest BCUT2D eigenvalue weighted by atomic mass is 32.1. The number of benzene rings is 3. The Balaban J connectivity index is 1.43. The number of rotatable bonds is 7. The molecule has 1 heterocycles. The highest BCUT2D eigenvalue weighted by Crippen LogP contribution is 2.31. The lowest BCUT2D eigenvalue weighted by Gasteiger charge is -2.07. The van der Waals surface area contributed by atoms with Gasteiger partial charge in [-0.25, -0.2) is 4.98 Å². The van der Waals surface area contributed by atoms with Crippen molar-refractivity contribution < 1.29 is 9.53 Å². The molecule has 0 bridgehead atoms. The molecule has 0 aliphatic carbocycles. The van der Waals surface area contributed by atoms with Crippen LogP contribution in [-0.2, 0) is 4.79 Å². The zero-order chi connectivity index (χ0) is 21.6. The number of nitrogens with zero attached hydrogens (tertiary/aromatic N) is 1. The van der Waals surface area contributed by atoms with Gasteiger partial charge in [0, 0.05) is 22.9 Å². The van der Waals surface area contributed by atoms with E-state index in [1.165, 1.54) is 16.3 Å². The van der Waals surface area contributed by atoms with E-state index in [1.807, 2.05) is 48.5 Å². The van der Waals surface area contributed by atoms with Crippen molar-refractivity contribution in [1.82, 2.24) is 4.98 Å². The van der Waals surface area contributed by atoms with Crippen LogP contribution >= 0.6 is 11.3 Å². The Morgan fingerprint density at radius 1 is 1.10 bits per heavy atom. The molecule has 4 rings (SSSR count). The predicted molar refractivity (Wildman–Crippen MR) is 130 cm³/mol. The number of amides is 1. The Morgan fingerprint density at radius 2 is 1.90 bits per heavy atom. The maximum Gasteiger partial charge on any atom is 0.248 e. The number of hydrogen-bond donors (Lipinski definition) is 1. The molecule has 4 nitrogen and oxygen atoms in total. The number of nitrogens with one attached hydrogen (secondary N) is 1. The highest BCUT2D eigenvalue weighted by molar-refractivity contribution is 7.21. The summed E-state index contributed by atoms with van der Waals surface area (Å²) in [6.07, 6.45) is 4.24. The van der Waals surface area contributed by atoms with Gasteiger partial charge in [-0.1, -0.05) is 31.2 Å². The van der Waals surface area contributed by atoms with Crippen LogP contribution in [0, 0.1) is 6.92 Å². The average molecular weight is 429 g/mol. The zero-order valence-electron chi connectivity index (χ0n) is 17.6. The topological polar surface area (TPSA) is 51.2 Å². The lowest BCUT2D eigenvalue weighted by Crippen LogP contribution is -2.07. The van der Waals surface area contributed by atoms with E-state index < -0.39 is 0 Å². The van der Waals surface area contributed by atoms with Gasteiger partial charge < -0.3 is 10.1 Å². The highest BCUT2D eigenvalue weighted by Gasteiger charge is 2.07. The molecule has 3 aromatic carbocycles. The van der Waals surface area contributed by atoms with Crippen molar-refractivity contribution in [2.24, 2.45) is 0 Å². The van der Waals surface area contributed by atoms with Crippen LogP contribution in [0.5, 0.6) is 5.75 Å². The SMILES string of the molecule is CCCOc1ccccc1/C=C/C(=O)Nc1ccc(-c2nc3ccc(C)cc3s2)cc1. The summed E-state index contributed by atoms with van der Waals surface area (Å²) >= 11 is 1.68. The standard InChI is InChI=1S/C26H24N2O2S/c1-3-16-30-23-7-5-4-6-19(23)11-15-25(29)27-21-12-9-20(10-13-21)26-28-22-14-8-18(2)17-24(22)31-26/h4-15,17H,3,16H2,1-2H3,(H,27,29)/b15-11+. The van der Waals surface area contributed by atoms with Crippen molar-refractivity contribution >= 4 is 39.2 Å². The molecule has 0 spiro atoms. The first-order chi connectivity index (χ1) is 15.1. The number of fused-ring (bicyclic) bond motifs is 1. The van der Waals surface area contributed by atoms with Gasteiger partial charge in [0.05, 0.1) is 16.8 Å². The number of thiazole rings is 1. The van der Waals surface area contributed by atoms with Crippen molar-refractivity contribution in [3.05, 3.63) is 83.9 Å². The van der Waals surface area contributed by atoms with Crippen LogP contribution in [0.2, 0.25) is 0 Å². The van der Waals surface area contributed by atoms with Crippen LogP contribution < -0.4 is 10.1 Å². The van der Waals surface area contributed by atoms with Gasteiger partial charge in [0.2, 0.25) is 5.91 Å². The molecule has 1 N–H and O–H groups in total. The summed E-state index contributed by atoms with van der Waals surface area (Å²) in [5, 5.41) is 3.88. The van der Waals surface area contributed by atoms with Gasteiger partial charge in [-0.3, -0.25) is 4.79 Å². The summed E-state index contributed by atoms with van der Waals surface area (Å²) < 4.78 is 6.91. The molecule has 156 valence electrons. The first-order valence-corrected chi connectivity index (χ1v) is 11.1. The molecule has 0 aliphatic heterocycles. The number of para-hydroxylation sites is 1. The van der Waals surface area contributed by atoms with Gasteiger partial charge in [0.1, 0.15) is 10.8 Å². The van der Waals surface area contributed by atoms with E-state index in [-0.39, 0.29) is 5.91 Å². The van der Waals surface area contributed by atoms with Crippen LogP contribution in [0.1, 0.15) is 24.5 Å².